The Morgan fingerprint density at radius 2 is 2.00 bits per heavy atom. The summed E-state index contributed by atoms with van der Waals surface area (Å²) in [4.78, 5) is 13.9. The molecule has 1 heterocycles. The van der Waals surface area contributed by atoms with Crippen LogP contribution < -0.4 is 10.5 Å². The first kappa shape index (κ1) is 16.8. The summed E-state index contributed by atoms with van der Waals surface area (Å²) in [6.45, 7) is 6.01. The van der Waals surface area contributed by atoms with Crippen LogP contribution in [0, 0.1) is 5.92 Å². The van der Waals surface area contributed by atoms with Gasteiger partial charge in [-0.15, -0.1) is 0 Å². The topological polar surface area (TPSA) is 64.8 Å². The lowest BCUT2D eigenvalue weighted by Crippen LogP contribution is -2.35. The lowest BCUT2D eigenvalue weighted by atomic mass is 10.0. The standard InChI is InChI=1S/C17H26N2O3/c1-12(2)11-22-14-6-4-13(5-7-14)17-15(18)10-16(20)19(17)8-9-21-3/h4-7,12,15,17H,8-11,18H2,1-3H3. The Bertz CT molecular complexity index is 487. The van der Waals surface area contributed by atoms with E-state index in [2.05, 4.69) is 13.8 Å². The van der Waals surface area contributed by atoms with Gasteiger partial charge in [0.25, 0.3) is 0 Å². The van der Waals surface area contributed by atoms with Gasteiger partial charge in [0.2, 0.25) is 5.91 Å². The van der Waals surface area contributed by atoms with Crippen molar-refractivity contribution in [3.05, 3.63) is 29.8 Å². The van der Waals surface area contributed by atoms with E-state index in [4.69, 9.17) is 15.2 Å². The normalized spacial score (nSPS) is 21.7. The SMILES string of the molecule is COCCN1C(=O)CC(N)C1c1ccc(OCC(C)C)cc1. The highest BCUT2D eigenvalue weighted by atomic mass is 16.5. The Hall–Kier alpha value is -1.59. The minimum atomic E-state index is -0.174. The molecule has 0 radical (unpaired) electrons. The Balaban J connectivity index is 2.09. The fraction of sp³-hybridized carbons (Fsp3) is 0.588. The molecule has 2 unspecified atom stereocenters. The van der Waals surface area contributed by atoms with Crippen LogP contribution in [0.1, 0.15) is 31.9 Å². The van der Waals surface area contributed by atoms with Crippen LogP contribution in [-0.4, -0.2) is 43.7 Å². The van der Waals surface area contributed by atoms with Gasteiger partial charge in [0.1, 0.15) is 5.75 Å². The lowest BCUT2D eigenvalue weighted by Gasteiger charge is -2.27. The Kier molecular flexibility index (Phi) is 5.80. The summed E-state index contributed by atoms with van der Waals surface area (Å²) in [5.74, 6) is 1.43. The summed E-state index contributed by atoms with van der Waals surface area (Å²) in [5.41, 5.74) is 7.21. The Morgan fingerprint density at radius 3 is 2.59 bits per heavy atom. The second-order valence-electron chi connectivity index (χ2n) is 6.17. The molecule has 5 heteroatoms. The summed E-state index contributed by atoms with van der Waals surface area (Å²) >= 11 is 0. The molecule has 0 aliphatic carbocycles. The maximum absolute atomic E-state index is 12.1. The predicted molar refractivity (Wildman–Crippen MR) is 85.7 cm³/mol. The molecule has 0 spiro atoms. The largest absolute Gasteiger partial charge is 0.493 e. The van der Waals surface area contributed by atoms with Crippen molar-refractivity contribution in [2.24, 2.45) is 11.7 Å². The van der Waals surface area contributed by atoms with E-state index in [1.54, 1.807) is 7.11 Å². The number of benzene rings is 1. The maximum Gasteiger partial charge on any atom is 0.224 e. The highest BCUT2D eigenvalue weighted by molar-refractivity contribution is 5.80. The molecule has 2 atom stereocenters. The van der Waals surface area contributed by atoms with Crippen molar-refractivity contribution in [3.63, 3.8) is 0 Å². The molecule has 0 bridgehead atoms. The molecule has 5 nitrogen and oxygen atoms in total. The minimum Gasteiger partial charge on any atom is -0.493 e. The molecule has 22 heavy (non-hydrogen) atoms. The van der Waals surface area contributed by atoms with Crippen LogP contribution in [0.4, 0.5) is 0 Å². The first-order chi connectivity index (χ1) is 10.5. The Labute approximate surface area is 132 Å². The highest BCUT2D eigenvalue weighted by Crippen LogP contribution is 2.32. The van der Waals surface area contributed by atoms with Crippen molar-refractivity contribution in [1.29, 1.82) is 0 Å². The molecule has 1 amide bonds. The van der Waals surface area contributed by atoms with Crippen molar-refractivity contribution in [1.82, 2.24) is 4.90 Å². The van der Waals surface area contributed by atoms with Crippen LogP contribution in [0.3, 0.4) is 0 Å². The molecule has 1 saturated heterocycles. The smallest absolute Gasteiger partial charge is 0.224 e. The summed E-state index contributed by atoms with van der Waals surface area (Å²) in [6.07, 6.45) is 0.389. The zero-order chi connectivity index (χ0) is 16.1. The monoisotopic (exact) mass is 306 g/mol. The summed E-state index contributed by atoms with van der Waals surface area (Å²) in [7, 11) is 1.64. The third kappa shape index (κ3) is 3.99. The third-order valence-corrected chi connectivity index (χ3v) is 3.81. The molecule has 0 saturated carbocycles. The fourth-order valence-electron chi connectivity index (χ4n) is 2.72. The van der Waals surface area contributed by atoms with Crippen molar-refractivity contribution in [3.8, 4) is 5.75 Å². The number of carbonyl (C=O) groups excluding carboxylic acids is 1. The van der Waals surface area contributed by atoms with Crippen molar-refractivity contribution >= 4 is 5.91 Å². The van der Waals surface area contributed by atoms with Crippen LogP contribution in [0.15, 0.2) is 24.3 Å². The molecular formula is C17H26N2O3. The molecule has 2 N–H and O–H groups in total. The van der Waals surface area contributed by atoms with E-state index < -0.39 is 0 Å². The fourth-order valence-corrected chi connectivity index (χ4v) is 2.72. The number of carbonyl (C=O) groups is 1. The number of nitrogens with zero attached hydrogens (tertiary/aromatic N) is 1. The van der Waals surface area contributed by atoms with Crippen molar-refractivity contribution in [2.75, 3.05) is 26.9 Å². The van der Waals surface area contributed by atoms with Crippen LogP contribution in [-0.2, 0) is 9.53 Å². The van der Waals surface area contributed by atoms with Gasteiger partial charge >= 0.3 is 0 Å². The summed E-state index contributed by atoms with van der Waals surface area (Å²) in [5, 5.41) is 0. The maximum atomic E-state index is 12.1. The molecule has 1 aliphatic heterocycles. The van der Waals surface area contributed by atoms with Gasteiger partial charge in [0, 0.05) is 26.1 Å². The van der Waals surface area contributed by atoms with Gasteiger partial charge in [-0.05, 0) is 23.6 Å². The molecule has 2 rings (SSSR count). The second-order valence-corrected chi connectivity index (χ2v) is 6.17. The lowest BCUT2D eigenvalue weighted by molar-refractivity contribution is -0.129. The molecule has 1 aromatic carbocycles. The number of nitrogens with two attached hydrogens (primary N) is 1. The van der Waals surface area contributed by atoms with Crippen LogP contribution in [0.25, 0.3) is 0 Å². The van der Waals surface area contributed by atoms with Crippen LogP contribution >= 0.6 is 0 Å². The van der Waals surface area contributed by atoms with Gasteiger partial charge in [-0.1, -0.05) is 26.0 Å². The second kappa shape index (κ2) is 7.61. The molecular weight excluding hydrogens is 280 g/mol. The average Bonchev–Trinajstić information content (AvgIpc) is 2.77. The number of hydrogen-bond donors (Lipinski definition) is 1. The molecule has 1 aliphatic rings. The van der Waals surface area contributed by atoms with E-state index >= 15 is 0 Å². The zero-order valence-electron chi connectivity index (χ0n) is 13.6. The number of rotatable bonds is 7. The Morgan fingerprint density at radius 1 is 1.32 bits per heavy atom. The number of methoxy groups -OCH3 is 1. The van der Waals surface area contributed by atoms with E-state index in [1.807, 2.05) is 29.2 Å². The zero-order valence-corrected chi connectivity index (χ0v) is 13.6. The number of likely N-dealkylation sites (tertiary alicyclic amines) is 1. The molecule has 1 aromatic rings. The van der Waals surface area contributed by atoms with Crippen LogP contribution in [0.2, 0.25) is 0 Å². The van der Waals surface area contributed by atoms with E-state index in [-0.39, 0.29) is 18.0 Å². The first-order valence-corrected chi connectivity index (χ1v) is 7.79. The van der Waals surface area contributed by atoms with E-state index in [0.29, 0.717) is 32.1 Å². The van der Waals surface area contributed by atoms with Gasteiger partial charge in [0.15, 0.2) is 0 Å². The van der Waals surface area contributed by atoms with E-state index in [0.717, 1.165) is 11.3 Å². The number of ether oxygens (including phenoxy) is 2. The summed E-state index contributed by atoms with van der Waals surface area (Å²) in [6, 6.07) is 7.63. The van der Waals surface area contributed by atoms with Gasteiger partial charge in [-0.3, -0.25) is 4.79 Å². The summed E-state index contributed by atoms with van der Waals surface area (Å²) < 4.78 is 10.8. The van der Waals surface area contributed by atoms with Gasteiger partial charge in [-0.25, -0.2) is 0 Å². The predicted octanol–water partition coefficient (Wildman–Crippen LogP) is 1.97. The van der Waals surface area contributed by atoms with Gasteiger partial charge in [-0.2, -0.15) is 0 Å². The first-order valence-electron chi connectivity index (χ1n) is 7.79. The highest BCUT2D eigenvalue weighted by Gasteiger charge is 2.38. The van der Waals surface area contributed by atoms with Gasteiger partial charge < -0.3 is 20.1 Å². The minimum absolute atomic E-state index is 0.0817. The van der Waals surface area contributed by atoms with Crippen molar-refractivity contribution in [2.45, 2.75) is 32.4 Å². The molecule has 122 valence electrons. The third-order valence-electron chi connectivity index (χ3n) is 3.81. The number of amides is 1. The van der Waals surface area contributed by atoms with Crippen molar-refractivity contribution < 1.29 is 14.3 Å². The average molecular weight is 306 g/mol. The van der Waals surface area contributed by atoms with E-state index in [1.165, 1.54) is 0 Å². The van der Waals surface area contributed by atoms with Crippen LogP contribution in [0.5, 0.6) is 5.75 Å². The van der Waals surface area contributed by atoms with Gasteiger partial charge in [0.05, 0.1) is 19.3 Å². The quantitative estimate of drug-likeness (QED) is 0.836. The number of hydrogen-bond acceptors (Lipinski definition) is 4. The molecule has 0 aromatic heterocycles. The molecule has 1 fully saturated rings. The van der Waals surface area contributed by atoms with E-state index in [9.17, 15) is 4.79 Å².